The van der Waals surface area contributed by atoms with Crippen molar-refractivity contribution in [2.24, 2.45) is 0 Å². The maximum Gasteiger partial charge on any atom is 0.417 e. The molecule has 2 aromatic heterocycles. The van der Waals surface area contributed by atoms with Crippen LogP contribution in [0, 0.1) is 0 Å². The maximum absolute atomic E-state index is 13.7. The molecule has 2 heterocycles. The van der Waals surface area contributed by atoms with Crippen molar-refractivity contribution in [3.8, 4) is 0 Å². The topological polar surface area (TPSA) is 46.9 Å². The fourth-order valence-electron chi connectivity index (χ4n) is 3.19. The molecular formula is C22H18F3N3OS2. The molecular weight excluding hydrogens is 443 g/mol. The summed E-state index contributed by atoms with van der Waals surface area (Å²) in [6, 6.07) is 17.0. The molecule has 2 aromatic carbocycles. The van der Waals surface area contributed by atoms with Crippen LogP contribution in [0.5, 0.6) is 0 Å². The Morgan fingerprint density at radius 2 is 1.74 bits per heavy atom. The van der Waals surface area contributed by atoms with Gasteiger partial charge in [0.1, 0.15) is 11.0 Å². The Labute approximate surface area is 184 Å². The van der Waals surface area contributed by atoms with Gasteiger partial charge in [-0.05, 0) is 60.3 Å². The van der Waals surface area contributed by atoms with Crippen molar-refractivity contribution in [1.82, 2.24) is 13.7 Å². The number of pyridine rings is 1. The fraction of sp³-hybridized carbons (Fsp3) is 0.136. The van der Waals surface area contributed by atoms with Crippen molar-refractivity contribution in [3.63, 3.8) is 0 Å². The van der Waals surface area contributed by atoms with Crippen molar-refractivity contribution in [1.29, 1.82) is 0 Å². The first kappa shape index (κ1) is 21.6. The van der Waals surface area contributed by atoms with E-state index in [4.69, 9.17) is 0 Å². The largest absolute Gasteiger partial charge is 0.417 e. The Bertz CT molecular complexity index is 1200. The molecule has 31 heavy (non-hydrogen) atoms. The van der Waals surface area contributed by atoms with E-state index in [1.165, 1.54) is 24.2 Å². The zero-order valence-electron chi connectivity index (χ0n) is 16.2. The summed E-state index contributed by atoms with van der Waals surface area (Å²) in [6.45, 7) is 0.351. The Morgan fingerprint density at radius 3 is 2.45 bits per heavy atom. The average Bonchev–Trinajstić information content (AvgIpc) is 3.13. The lowest BCUT2D eigenvalue weighted by molar-refractivity contribution is -0.136. The van der Waals surface area contributed by atoms with E-state index in [2.05, 4.69) is 9.71 Å². The van der Waals surface area contributed by atoms with Crippen LogP contribution < -0.4 is 4.72 Å². The zero-order chi connectivity index (χ0) is 21.8. The number of aromatic nitrogens is 2. The molecule has 0 aliphatic carbocycles. The van der Waals surface area contributed by atoms with Crippen LogP contribution in [0.4, 0.5) is 13.2 Å². The molecule has 0 radical (unpaired) electrons. The number of rotatable bonds is 7. The molecule has 160 valence electrons. The summed E-state index contributed by atoms with van der Waals surface area (Å²) < 4.78 is 58.7. The third kappa shape index (κ3) is 5.00. The Kier molecular flexibility index (Phi) is 6.45. The normalized spacial score (nSPS) is 12.9. The van der Waals surface area contributed by atoms with Crippen LogP contribution in [0.15, 0.2) is 89.0 Å². The summed E-state index contributed by atoms with van der Waals surface area (Å²) in [5.74, 6) is 0. The van der Waals surface area contributed by atoms with Crippen molar-refractivity contribution < 1.29 is 17.4 Å². The smallest absolute Gasteiger partial charge is 0.286 e. The van der Waals surface area contributed by atoms with Gasteiger partial charge in [-0.25, -0.2) is 8.93 Å². The first-order valence-corrected chi connectivity index (χ1v) is 11.3. The SMILES string of the molecule is O=S(NCCc1ccncc1)c1cn(Sc2ccccc2)c2cccc(C(F)(F)F)c12. The number of alkyl halides is 3. The number of halogens is 3. The highest BCUT2D eigenvalue weighted by Gasteiger charge is 2.35. The molecule has 4 rings (SSSR count). The quantitative estimate of drug-likeness (QED) is 0.397. The lowest BCUT2D eigenvalue weighted by Crippen LogP contribution is -2.20. The second-order valence-corrected chi connectivity index (χ2v) is 9.00. The van der Waals surface area contributed by atoms with Gasteiger partial charge in [0, 0.05) is 35.4 Å². The molecule has 0 amide bonds. The summed E-state index contributed by atoms with van der Waals surface area (Å²) in [4.78, 5) is 4.92. The highest BCUT2D eigenvalue weighted by atomic mass is 32.2. The van der Waals surface area contributed by atoms with Gasteiger partial charge in [-0.3, -0.25) is 8.96 Å². The van der Waals surface area contributed by atoms with Crippen LogP contribution >= 0.6 is 11.9 Å². The number of fused-ring (bicyclic) bond motifs is 1. The van der Waals surface area contributed by atoms with E-state index in [1.54, 1.807) is 22.4 Å². The highest BCUT2D eigenvalue weighted by Crippen LogP contribution is 2.40. The van der Waals surface area contributed by atoms with Crippen LogP contribution in [0.1, 0.15) is 11.1 Å². The maximum atomic E-state index is 13.7. The van der Waals surface area contributed by atoms with E-state index in [0.29, 0.717) is 18.5 Å². The van der Waals surface area contributed by atoms with E-state index in [-0.39, 0.29) is 10.3 Å². The van der Waals surface area contributed by atoms with Gasteiger partial charge in [-0.15, -0.1) is 0 Å². The van der Waals surface area contributed by atoms with Crippen molar-refractivity contribution in [2.45, 2.75) is 22.4 Å². The summed E-state index contributed by atoms with van der Waals surface area (Å²) in [5.41, 5.74) is 0.567. The Morgan fingerprint density at radius 1 is 1.00 bits per heavy atom. The van der Waals surface area contributed by atoms with Crippen LogP contribution in [-0.4, -0.2) is 19.7 Å². The lowest BCUT2D eigenvalue weighted by atomic mass is 10.1. The van der Waals surface area contributed by atoms with E-state index >= 15 is 0 Å². The van der Waals surface area contributed by atoms with Gasteiger partial charge in [-0.2, -0.15) is 13.2 Å². The standard InChI is InChI=1S/C22H18F3N3OS2/c23-22(24,25)18-7-4-8-19-21(18)20(15-28(19)30-17-5-2-1-3-6-17)31(29)27-14-11-16-9-12-26-13-10-16/h1-10,12-13,15,27H,11,14H2. The van der Waals surface area contributed by atoms with Crippen LogP contribution in [-0.2, 0) is 23.6 Å². The average molecular weight is 462 g/mol. The third-order valence-corrected chi connectivity index (χ3v) is 6.77. The molecule has 0 bridgehead atoms. The van der Waals surface area contributed by atoms with Crippen molar-refractivity contribution >= 4 is 33.8 Å². The van der Waals surface area contributed by atoms with Crippen LogP contribution in [0.3, 0.4) is 0 Å². The molecule has 0 saturated heterocycles. The second-order valence-electron chi connectivity index (χ2n) is 6.69. The monoisotopic (exact) mass is 461 g/mol. The molecule has 0 aliphatic rings. The number of benzene rings is 2. The van der Waals surface area contributed by atoms with Crippen molar-refractivity contribution in [2.75, 3.05) is 6.54 Å². The Hall–Kier alpha value is -2.62. The molecule has 9 heteroatoms. The van der Waals surface area contributed by atoms with Gasteiger partial charge in [0.05, 0.1) is 16.0 Å². The molecule has 0 spiro atoms. The summed E-state index contributed by atoms with van der Waals surface area (Å²) in [5, 5.41) is -0.0480. The molecule has 1 atom stereocenters. The van der Waals surface area contributed by atoms with Gasteiger partial charge < -0.3 is 0 Å². The van der Waals surface area contributed by atoms with Gasteiger partial charge in [0.15, 0.2) is 0 Å². The van der Waals surface area contributed by atoms with Crippen LogP contribution in [0.25, 0.3) is 10.9 Å². The predicted molar refractivity (Wildman–Crippen MR) is 117 cm³/mol. The van der Waals surface area contributed by atoms with Gasteiger partial charge >= 0.3 is 6.18 Å². The predicted octanol–water partition coefficient (Wildman–Crippen LogP) is 5.47. The first-order valence-electron chi connectivity index (χ1n) is 9.42. The second kappa shape index (κ2) is 9.25. The molecule has 1 N–H and O–H groups in total. The first-order chi connectivity index (χ1) is 14.9. The lowest BCUT2D eigenvalue weighted by Gasteiger charge is -2.10. The summed E-state index contributed by atoms with van der Waals surface area (Å²) in [7, 11) is -1.81. The van der Waals surface area contributed by atoms with E-state index < -0.39 is 22.7 Å². The molecule has 1 unspecified atom stereocenters. The van der Waals surface area contributed by atoms with E-state index in [9.17, 15) is 17.4 Å². The summed E-state index contributed by atoms with van der Waals surface area (Å²) >= 11 is 1.28. The number of hydrogen-bond donors (Lipinski definition) is 1. The summed E-state index contributed by atoms with van der Waals surface area (Å²) in [6.07, 6.45) is 0.872. The van der Waals surface area contributed by atoms with E-state index in [1.807, 2.05) is 42.5 Å². The molecule has 0 fully saturated rings. The number of hydrogen-bond acceptors (Lipinski definition) is 3. The zero-order valence-corrected chi connectivity index (χ0v) is 17.8. The minimum absolute atomic E-state index is 0.0480. The highest BCUT2D eigenvalue weighted by molar-refractivity contribution is 7.98. The fourth-order valence-corrected chi connectivity index (χ4v) is 5.21. The molecule has 0 saturated carbocycles. The number of nitrogens with one attached hydrogen (secondary N) is 1. The van der Waals surface area contributed by atoms with Gasteiger partial charge in [0.2, 0.25) is 0 Å². The minimum Gasteiger partial charge on any atom is -0.286 e. The van der Waals surface area contributed by atoms with Crippen molar-refractivity contribution in [3.05, 3.63) is 90.4 Å². The third-order valence-electron chi connectivity index (χ3n) is 4.61. The van der Waals surface area contributed by atoms with Gasteiger partial charge in [-0.1, -0.05) is 24.3 Å². The van der Waals surface area contributed by atoms with Crippen LogP contribution in [0.2, 0.25) is 0 Å². The minimum atomic E-state index is -4.56. The molecule has 4 nitrogen and oxygen atoms in total. The van der Waals surface area contributed by atoms with Gasteiger partial charge in [0.25, 0.3) is 0 Å². The molecule has 4 aromatic rings. The Balaban J connectivity index is 1.68. The van der Waals surface area contributed by atoms with E-state index in [0.717, 1.165) is 16.5 Å². The molecule has 0 aliphatic heterocycles. The number of nitrogens with zero attached hydrogens (tertiary/aromatic N) is 2.